The van der Waals surface area contributed by atoms with Crippen LogP contribution in [0, 0.1) is 0 Å². The summed E-state index contributed by atoms with van der Waals surface area (Å²) >= 11 is 3.42. The third-order valence-electron chi connectivity index (χ3n) is 3.17. The second-order valence-corrected chi connectivity index (χ2v) is 5.26. The van der Waals surface area contributed by atoms with Crippen molar-refractivity contribution in [2.75, 3.05) is 0 Å². The standard InChI is InChI=1S/C16H12BrNO/c17-14-7-3-2-6-13(14)16(19)11-18-10-9-12-5-1-4-8-15(12)18/h1-10H,11H2. The van der Waals surface area contributed by atoms with Crippen LogP contribution >= 0.6 is 15.9 Å². The number of benzene rings is 2. The maximum absolute atomic E-state index is 12.3. The molecule has 0 spiro atoms. The summed E-state index contributed by atoms with van der Waals surface area (Å²) < 4.78 is 2.83. The molecule has 0 saturated carbocycles. The van der Waals surface area contributed by atoms with Crippen molar-refractivity contribution in [1.82, 2.24) is 4.57 Å². The van der Waals surface area contributed by atoms with E-state index in [0.29, 0.717) is 6.54 Å². The van der Waals surface area contributed by atoms with E-state index in [1.165, 1.54) is 0 Å². The summed E-state index contributed by atoms with van der Waals surface area (Å²) in [4.78, 5) is 12.3. The molecule has 0 amide bonds. The lowest BCUT2D eigenvalue weighted by atomic mass is 10.1. The lowest BCUT2D eigenvalue weighted by Crippen LogP contribution is -2.10. The monoisotopic (exact) mass is 313 g/mol. The Labute approximate surface area is 119 Å². The highest BCUT2D eigenvalue weighted by molar-refractivity contribution is 9.10. The average molecular weight is 314 g/mol. The van der Waals surface area contributed by atoms with Gasteiger partial charge in [-0.05, 0) is 23.6 Å². The van der Waals surface area contributed by atoms with Gasteiger partial charge in [-0.25, -0.2) is 0 Å². The fraction of sp³-hybridized carbons (Fsp3) is 0.0625. The maximum atomic E-state index is 12.3. The van der Waals surface area contributed by atoms with Crippen LogP contribution < -0.4 is 0 Å². The molecule has 3 aromatic rings. The van der Waals surface area contributed by atoms with Crippen LogP contribution in [0.2, 0.25) is 0 Å². The molecule has 0 N–H and O–H groups in total. The number of carbonyl (C=O) groups excluding carboxylic acids is 1. The molecule has 0 aliphatic heterocycles. The van der Waals surface area contributed by atoms with E-state index in [0.717, 1.165) is 20.9 Å². The molecule has 0 atom stereocenters. The van der Waals surface area contributed by atoms with Gasteiger partial charge in [0.15, 0.2) is 5.78 Å². The van der Waals surface area contributed by atoms with Gasteiger partial charge >= 0.3 is 0 Å². The molecule has 3 rings (SSSR count). The smallest absolute Gasteiger partial charge is 0.183 e. The number of ketones is 1. The Hall–Kier alpha value is -1.87. The lowest BCUT2D eigenvalue weighted by molar-refractivity contribution is 0.0973. The van der Waals surface area contributed by atoms with Crippen molar-refractivity contribution >= 4 is 32.6 Å². The van der Waals surface area contributed by atoms with E-state index in [1.807, 2.05) is 59.3 Å². The topological polar surface area (TPSA) is 22.0 Å². The third kappa shape index (κ3) is 2.34. The highest BCUT2D eigenvalue weighted by atomic mass is 79.9. The molecular weight excluding hydrogens is 302 g/mol. The summed E-state index contributed by atoms with van der Waals surface area (Å²) in [6.45, 7) is 0.357. The van der Waals surface area contributed by atoms with Gasteiger partial charge in [0.25, 0.3) is 0 Å². The van der Waals surface area contributed by atoms with E-state index in [-0.39, 0.29) is 5.78 Å². The summed E-state index contributed by atoms with van der Waals surface area (Å²) in [6, 6.07) is 17.6. The molecule has 2 aromatic carbocycles. The second kappa shape index (κ2) is 5.02. The Morgan fingerprint density at radius 2 is 1.74 bits per heavy atom. The number of hydrogen-bond donors (Lipinski definition) is 0. The van der Waals surface area contributed by atoms with Crippen molar-refractivity contribution in [3.05, 3.63) is 70.8 Å². The second-order valence-electron chi connectivity index (χ2n) is 4.41. The zero-order valence-electron chi connectivity index (χ0n) is 10.2. The van der Waals surface area contributed by atoms with Crippen molar-refractivity contribution in [1.29, 1.82) is 0 Å². The highest BCUT2D eigenvalue weighted by Gasteiger charge is 2.11. The Morgan fingerprint density at radius 1 is 1.00 bits per heavy atom. The molecule has 19 heavy (non-hydrogen) atoms. The zero-order chi connectivity index (χ0) is 13.2. The van der Waals surface area contributed by atoms with Crippen LogP contribution in [-0.4, -0.2) is 10.4 Å². The minimum absolute atomic E-state index is 0.105. The van der Waals surface area contributed by atoms with Crippen LogP contribution in [0.5, 0.6) is 0 Å². The Bertz CT molecular complexity index is 745. The Balaban J connectivity index is 1.94. The zero-order valence-corrected chi connectivity index (χ0v) is 11.8. The number of halogens is 1. The largest absolute Gasteiger partial charge is 0.340 e. The molecule has 1 aromatic heterocycles. The van der Waals surface area contributed by atoms with Gasteiger partial charge in [0.2, 0.25) is 0 Å². The quantitative estimate of drug-likeness (QED) is 0.661. The number of rotatable bonds is 3. The van der Waals surface area contributed by atoms with Gasteiger partial charge in [-0.15, -0.1) is 0 Å². The first kappa shape index (κ1) is 12.2. The molecule has 0 radical (unpaired) electrons. The minimum Gasteiger partial charge on any atom is -0.340 e. The number of Topliss-reactive ketones (excluding diaryl/α,β-unsaturated/α-hetero) is 1. The molecule has 0 saturated heterocycles. The van der Waals surface area contributed by atoms with Gasteiger partial charge in [0, 0.05) is 21.7 Å². The Morgan fingerprint density at radius 3 is 2.58 bits per heavy atom. The molecule has 3 heteroatoms. The summed E-state index contributed by atoms with van der Waals surface area (Å²) in [5.74, 6) is 0.105. The number of fused-ring (bicyclic) bond motifs is 1. The number of para-hydroxylation sites is 1. The molecule has 0 unspecified atom stereocenters. The molecule has 0 aliphatic rings. The van der Waals surface area contributed by atoms with Crippen LogP contribution in [0.1, 0.15) is 10.4 Å². The molecule has 94 valence electrons. The van der Waals surface area contributed by atoms with Crippen molar-refractivity contribution < 1.29 is 4.79 Å². The summed E-state index contributed by atoms with van der Waals surface area (Å²) in [7, 11) is 0. The van der Waals surface area contributed by atoms with Gasteiger partial charge in [0.05, 0.1) is 6.54 Å². The molecule has 2 nitrogen and oxygen atoms in total. The van der Waals surface area contributed by atoms with Gasteiger partial charge in [-0.2, -0.15) is 0 Å². The van der Waals surface area contributed by atoms with Crippen LogP contribution in [0.25, 0.3) is 10.9 Å². The van der Waals surface area contributed by atoms with E-state index in [4.69, 9.17) is 0 Å². The SMILES string of the molecule is O=C(Cn1ccc2ccccc21)c1ccccc1Br. The number of nitrogens with zero attached hydrogens (tertiary/aromatic N) is 1. The van der Waals surface area contributed by atoms with Gasteiger partial charge in [0.1, 0.15) is 0 Å². The van der Waals surface area contributed by atoms with E-state index in [2.05, 4.69) is 22.0 Å². The fourth-order valence-electron chi connectivity index (χ4n) is 2.21. The number of carbonyl (C=O) groups is 1. The predicted molar refractivity (Wildman–Crippen MR) is 80.4 cm³/mol. The molecule has 0 bridgehead atoms. The van der Waals surface area contributed by atoms with Crippen molar-refractivity contribution in [3.63, 3.8) is 0 Å². The molecule has 1 heterocycles. The lowest BCUT2D eigenvalue weighted by Gasteiger charge is -2.06. The van der Waals surface area contributed by atoms with Crippen LogP contribution in [0.15, 0.2) is 65.3 Å². The van der Waals surface area contributed by atoms with Crippen LogP contribution in [0.3, 0.4) is 0 Å². The Kier molecular flexibility index (Phi) is 3.22. The summed E-state index contributed by atoms with van der Waals surface area (Å²) in [6.07, 6.45) is 1.96. The maximum Gasteiger partial charge on any atom is 0.183 e. The first-order chi connectivity index (χ1) is 9.25. The first-order valence-electron chi connectivity index (χ1n) is 6.07. The molecule has 0 aliphatic carbocycles. The van der Waals surface area contributed by atoms with E-state index in [1.54, 1.807) is 0 Å². The number of aromatic nitrogens is 1. The van der Waals surface area contributed by atoms with Crippen molar-refractivity contribution in [3.8, 4) is 0 Å². The van der Waals surface area contributed by atoms with Crippen LogP contribution in [0.4, 0.5) is 0 Å². The van der Waals surface area contributed by atoms with E-state index < -0.39 is 0 Å². The van der Waals surface area contributed by atoms with Crippen molar-refractivity contribution in [2.24, 2.45) is 0 Å². The van der Waals surface area contributed by atoms with E-state index >= 15 is 0 Å². The summed E-state index contributed by atoms with van der Waals surface area (Å²) in [5, 5.41) is 1.16. The van der Waals surface area contributed by atoms with E-state index in [9.17, 15) is 4.79 Å². The third-order valence-corrected chi connectivity index (χ3v) is 3.86. The first-order valence-corrected chi connectivity index (χ1v) is 6.86. The van der Waals surface area contributed by atoms with Gasteiger partial charge < -0.3 is 4.57 Å². The molecule has 0 fully saturated rings. The molecular formula is C16H12BrNO. The van der Waals surface area contributed by atoms with Gasteiger partial charge in [-0.1, -0.05) is 52.3 Å². The normalized spacial score (nSPS) is 10.8. The fourth-order valence-corrected chi connectivity index (χ4v) is 2.71. The summed E-state index contributed by atoms with van der Waals surface area (Å²) in [5.41, 5.74) is 1.81. The van der Waals surface area contributed by atoms with Gasteiger partial charge in [-0.3, -0.25) is 4.79 Å². The number of hydrogen-bond acceptors (Lipinski definition) is 1. The van der Waals surface area contributed by atoms with Crippen molar-refractivity contribution in [2.45, 2.75) is 6.54 Å². The minimum atomic E-state index is 0.105. The van der Waals surface area contributed by atoms with Crippen LogP contribution in [-0.2, 0) is 6.54 Å². The highest BCUT2D eigenvalue weighted by Crippen LogP contribution is 2.19. The average Bonchev–Trinajstić information content (AvgIpc) is 2.83. The predicted octanol–water partition coefficient (Wildman–Crippen LogP) is 4.29.